The zero-order chi connectivity index (χ0) is 18.5. The largest absolute Gasteiger partial charge is 0.356 e. The van der Waals surface area contributed by atoms with Gasteiger partial charge in [-0.05, 0) is 19.4 Å². The molecule has 0 bridgehead atoms. The van der Waals surface area contributed by atoms with Crippen molar-refractivity contribution in [2.45, 2.75) is 32.6 Å². The SMILES string of the molecule is CCN1CCN(c2nc(-c3ccccc3)cc(N3CCCCCC3)n2)CC1. The number of anilines is 2. The summed E-state index contributed by atoms with van der Waals surface area (Å²) < 4.78 is 0. The van der Waals surface area contributed by atoms with Crippen molar-refractivity contribution in [2.24, 2.45) is 0 Å². The fourth-order valence-corrected chi connectivity index (χ4v) is 4.05. The third-order valence-corrected chi connectivity index (χ3v) is 5.80. The third-order valence-electron chi connectivity index (χ3n) is 5.80. The minimum Gasteiger partial charge on any atom is -0.356 e. The fraction of sp³-hybridized carbons (Fsp3) is 0.545. The fourth-order valence-electron chi connectivity index (χ4n) is 4.05. The molecule has 2 aliphatic heterocycles. The van der Waals surface area contributed by atoms with E-state index in [9.17, 15) is 0 Å². The van der Waals surface area contributed by atoms with Gasteiger partial charge in [-0.2, -0.15) is 4.98 Å². The van der Waals surface area contributed by atoms with E-state index >= 15 is 0 Å². The van der Waals surface area contributed by atoms with Crippen molar-refractivity contribution in [1.82, 2.24) is 14.9 Å². The second-order valence-corrected chi connectivity index (χ2v) is 7.60. The van der Waals surface area contributed by atoms with Crippen molar-refractivity contribution in [2.75, 3.05) is 55.6 Å². The number of nitrogens with zero attached hydrogens (tertiary/aromatic N) is 5. The molecule has 2 saturated heterocycles. The van der Waals surface area contributed by atoms with E-state index in [-0.39, 0.29) is 0 Å². The Morgan fingerprint density at radius 3 is 2.15 bits per heavy atom. The summed E-state index contributed by atoms with van der Waals surface area (Å²) >= 11 is 0. The van der Waals surface area contributed by atoms with Crippen LogP contribution in [-0.4, -0.2) is 60.7 Å². The van der Waals surface area contributed by atoms with Crippen molar-refractivity contribution in [3.05, 3.63) is 36.4 Å². The zero-order valence-corrected chi connectivity index (χ0v) is 16.5. The van der Waals surface area contributed by atoms with Crippen LogP contribution in [0.15, 0.2) is 36.4 Å². The topological polar surface area (TPSA) is 35.5 Å². The van der Waals surface area contributed by atoms with Gasteiger partial charge in [0.15, 0.2) is 0 Å². The minimum atomic E-state index is 0.895. The van der Waals surface area contributed by atoms with Gasteiger partial charge < -0.3 is 14.7 Å². The van der Waals surface area contributed by atoms with Gasteiger partial charge in [0.05, 0.1) is 5.69 Å². The van der Waals surface area contributed by atoms with Crippen LogP contribution in [0.2, 0.25) is 0 Å². The summed E-state index contributed by atoms with van der Waals surface area (Å²) in [6.07, 6.45) is 5.18. The van der Waals surface area contributed by atoms with Gasteiger partial charge in [-0.15, -0.1) is 0 Å². The summed E-state index contributed by atoms with van der Waals surface area (Å²) in [5.74, 6) is 1.99. The van der Waals surface area contributed by atoms with Gasteiger partial charge in [-0.3, -0.25) is 0 Å². The first-order valence-corrected chi connectivity index (χ1v) is 10.5. The summed E-state index contributed by atoms with van der Waals surface area (Å²) in [5, 5.41) is 0. The maximum absolute atomic E-state index is 5.02. The molecule has 144 valence electrons. The lowest BCUT2D eigenvalue weighted by Crippen LogP contribution is -2.46. The molecule has 27 heavy (non-hydrogen) atoms. The molecule has 2 aromatic rings. The average molecular weight is 366 g/mol. The predicted molar refractivity (Wildman–Crippen MR) is 112 cm³/mol. The second kappa shape index (κ2) is 8.70. The molecule has 2 fully saturated rings. The molecule has 0 amide bonds. The molecule has 3 heterocycles. The molecule has 4 rings (SSSR count). The minimum absolute atomic E-state index is 0.895. The molecule has 0 aliphatic carbocycles. The van der Waals surface area contributed by atoms with E-state index in [0.717, 1.165) is 63.3 Å². The lowest BCUT2D eigenvalue weighted by molar-refractivity contribution is 0.270. The Hall–Kier alpha value is -2.14. The molecule has 1 aromatic heterocycles. The van der Waals surface area contributed by atoms with Crippen molar-refractivity contribution < 1.29 is 0 Å². The number of rotatable bonds is 4. The van der Waals surface area contributed by atoms with Crippen LogP contribution in [0.5, 0.6) is 0 Å². The first-order chi connectivity index (χ1) is 13.3. The highest BCUT2D eigenvalue weighted by Gasteiger charge is 2.21. The number of benzene rings is 1. The zero-order valence-electron chi connectivity index (χ0n) is 16.5. The van der Waals surface area contributed by atoms with E-state index in [2.05, 4.69) is 58.0 Å². The van der Waals surface area contributed by atoms with Crippen molar-refractivity contribution in [3.8, 4) is 11.3 Å². The number of aromatic nitrogens is 2. The van der Waals surface area contributed by atoms with Crippen LogP contribution in [-0.2, 0) is 0 Å². The summed E-state index contributed by atoms with van der Waals surface area (Å²) in [5.41, 5.74) is 2.21. The molecule has 0 atom stereocenters. The Bertz CT molecular complexity index is 717. The number of hydrogen-bond acceptors (Lipinski definition) is 5. The van der Waals surface area contributed by atoms with Crippen LogP contribution in [0, 0.1) is 0 Å². The van der Waals surface area contributed by atoms with Gasteiger partial charge in [0.1, 0.15) is 5.82 Å². The lowest BCUT2D eigenvalue weighted by Gasteiger charge is -2.34. The van der Waals surface area contributed by atoms with E-state index in [4.69, 9.17) is 9.97 Å². The van der Waals surface area contributed by atoms with Crippen LogP contribution in [0.4, 0.5) is 11.8 Å². The van der Waals surface area contributed by atoms with Crippen molar-refractivity contribution in [1.29, 1.82) is 0 Å². The molecule has 0 spiro atoms. The summed E-state index contributed by atoms with van der Waals surface area (Å²) in [7, 11) is 0. The highest BCUT2D eigenvalue weighted by molar-refractivity contribution is 5.65. The van der Waals surface area contributed by atoms with Gasteiger partial charge in [0, 0.05) is 50.9 Å². The second-order valence-electron chi connectivity index (χ2n) is 7.60. The number of piperazine rings is 1. The molecular weight excluding hydrogens is 334 g/mol. The normalized spacial score (nSPS) is 19.1. The first kappa shape index (κ1) is 18.2. The van der Waals surface area contributed by atoms with E-state index in [1.165, 1.54) is 31.2 Å². The lowest BCUT2D eigenvalue weighted by atomic mass is 10.1. The standard InChI is InChI=1S/C22H31N5/c1-2-25-14-16-27(17-15-25)22-23-20(19-10-6-5-7-11-19)18-21(24-22)26-12-8-3-4-9-13-26/h5-7,10-11,18H,2-4,8-9,12-17H2,1H3. The maximum atomic E-state index is 5.02. The van der Waals surface area contributed by atoms with Crippen LogP contribution in [0.1, 0.15) is 32.6 Å². The molecule has 5 heteroatoms. The van der Waals surface area contributed by atoms with Crippen LogP contribution >= 0.6 is 0 Å². The first-order valence-electron chi connectivity index (χ1n) is 10.5. The molecule has 0 radical (unpaired) electrons. The summed E-state index contributed by atoms with van der Waals surface area (Å²) in [6.45, 7) is 9.76. The van der Waals surface area contributed by atoms with Gasteiger partial charge in [-0.25, -0.2) is 4.98 Å². The Morgan fingerprint density at radius 1 is 0.778 bits per heavy atom. The quantitative estimate of drug-likeness (QED) is 0.826. The Kier molecular flexibility index (Phi) is 5.87. The highest BCUT2D eigenvalue weighted by atomic mass is 15.3. The average Bonchev–Trinajstić information content (AvgIpc) is 3.04. The number of likely N-dealkylation sites (N-methyl/N-ethyl adjacent to an activating group) is 1. The van der Waals surface area contributed by atoms with Gasteiger partial charge in [0.25, 0.3) is 0 Å². The molecule has 0 N–H and O–H groups in total. The van der Waals surface area contributed by atoms with Crippen LogP contribution in [0.25, 0.3) is 11.3 Å². The molecule has 0 unspecified atom stereocenters. The summed E-state index contributed by atoms with van der Waals surface area (Å²) in [6, 6.07) is 12.7. The van der Waals surface area contributed by atoms with Crippen LogP contribution in [0.3, 0.4) is 0 Å². The van der Waals surface area contributed by atoms with Crippen LogP contribution < -0.4 is 9.80 Å². The van der Waals surface area contributed by atoms with E-state index in [0.29, 0.717) is 0 Å². The molecule has 5 nitrogen and oxygen atoms in total. The molecule has 2 aliphatic rings. The Balaban J connectivity index is 1.66. The predicted octanol–water partition coefficient (Wildman–Crippen LogP) is 3.67. The van der Waals surface area contributed by atoms with E-state index < -0.39 is 0 Å². The Labute approximate surface area is 163 Å². The van der Waals surface area contributed by atoms with E-state index in [1.54, 1.807) is 0 Å². The smallest absolute Gasteiger partial charge is 0.227 e. The molecule has 0 saturated carbocycles. The van der Waals surface area contributed by atoms with Gasteiger partial charge >= 0.3 is 0 Å². The van der Waals surface area contributed by atoms with Gasteiger partial charge in [-0.1, -0.05) is 50.1 Å². The maximum Gasteiger partial charge on any atom is 0.227 e. The summed E-state index contributed by atoms with van der Waals surface area (Å²) in [4.78, 5) is 17.3. The third kappa shape index (κ3) is 4.41. The Morgan fingerprint density at radius 2 is 1.48 bits per heavy atom. The van der Waals surface area contributed by atoms with E-state index in [1.807, 2.05) is 0 Å². The highest BCUT2D eigenvalue weighted by Crippen LogP contribution is 2.27. The molecular formula is C22H31N5. The number of hydrogen-bond donors (Lipinski definition) is 0. The van der Waals surface area contributed by atoms with Crippen molar-refractivity contribution >= 4 is 11.8 Å². The van der Waals surface area contributed by atoms with Gasteiger partial charge in [0.2, 0.25) is 5.95 Å². The van der Waals surface area contributed by atoms with Crippen molar-refractivity contribution in [3.63, 3.8) is 0 Å². The molecule has 1 aromatic carbocycles. The monoisotopic (exact) mass is 365 g/mol.